The Labute approximate surface area is 86.3 Å². The molecule has 0 aliphatic rings. The van der Waals surface area contributed by atoms with Gasteiger partial charge in [0, 0.05) is 6.54 Å². The van der Waals surface area contributed by atoms with Crippen molar-refractivity contribution in [3.05, 3.63) is 35.4 Å². The van der Waals surface area contributed by atoms with E-state index in [1.54, 1.807) is 0 Å². The molecule has 1 atom stereocenters. The van der Waals surface area contributed by atoms with E-state index < -0.39 is 0 Å². The lowest BCUT2D eigenvalue weighted by Crippen LogP contribution is -2.23. The van der Waals surface area contributed by atoms with E-state index in [0.29, 0.717) is 6.61 Å². The van der Waals surface area contributed by atoms with Gasteiger partial charge in [-0.1, -0.05) is 24.3 Å². The largest absolute Gasteiger partial charge is 0.373 e. The SMILES string of the molecule is CNCC(C)OCc1ccccc1C. The van der Waals surface area contributed by atoms with Gasteiger partial charge in [0.25, 0.3) is 0 Å². The van der Waals surface area contributed by atoms with Gasteiger partial charge in [-0.15, -0.1) is 0 Å². The molecule has 0 saturated heterocycles. The molecule has 0 heterocycles. The molecule has 0 aliphatic carbocycles. The number of hydrogen-bond acceptors (Lipinski definition) is 2. The van der Waals surface area contributed by atoms with Crippen LogP contribution < -0.4 is 5.32 Å². The minimum atomic E-state index is 0.264. The third-order valence-electron chi connectivity index (χ3n) is 2.28. The molecular formula is C12H19NO. The average Bonchev–Trinajstić information content (AvgIpc) is 2.17. The maximum absolute atomic E-state index is 5.69. The molecule has 78 valence electrons. The van der Waals surface area contributed by atoms with Gasteiger partial charge in [-0.3, -0.25) is 0 Å². The lowest BCUT2D eigenvalue weighted by atomic mass is 10.1. The van der Waals surface area contributed by atoms with Crippen LogP contribution in [0.15, 0.2) is 24.3 Å². The second-order valence-corrected chi connectivity index (χ2v) is 3.61. The highest BCUT2D eigenvalue weighted by molar-refractivity contribution is 5.24. The monoisotopic (exact) mass is 193 g/mol. The van der Waals surface area contributed by atoms with E-state index in [1.807, 2.05) is 7.05 Å². The summed E-state index contributed by atoms with van der Waals surface area (Å²) >= 11 is 0. The van der Waals surface area contributed by atoms with E-state index in [-0.39, 0.29) is 6.10 Å². The molecule has 0 radical (unpaired) electrons. The van der Waals surface area contributed by atoms with Gasteiger partial charge in [-0.25, -0.2) is 0 Å². The summed E-state index contributed by atoms with van der Waals surface area (Å²) in [7, 11) is 1.94. The number of aryl methyl sites for hydroxylation is 1. The van der Waals surface area contributed by atoms with Crippen LogP contribution in [0.1, 0.15) is 18.1 Å². The highest BCUT2D eigenvalue weighted by Gasteiger charge is 2.02. The Morgan fingerprint density at radius 3 is 2.71 bits per heavy atom. The van der Waals surface area contributed by atoms with Crippen LogP contribution in [-0.4, -0.2) is 19.7 Å². The summed E-state index contributed by atoms with van der Waals surface area (Å²) in [5.74, 6) is 0. The van der Waals surface area contributed by atoms with Crippen LogP contribution in [0.2, 0.25) is 0 Å². The predicted octanol–water partition coefficient (Wildman–Crippen LogP) is 2.12. The number of likely N-dealkylation sites (N-methyl/N-ethyl adjacent to an activating group) is 1. The van der Waals surface area contributed by atoms with Gasteiger partial charge in [-0.05, 0) is 32.0 Å². The highest BCUT2D eigenvalue weighted by Crippen LogP contribution is 2.09. The molecule has 0 bridgehead atoms. The van der Waals surface area contributed by atoms with Crippen LogP contribution in [0.3, 0.4) is 0 Å². The second kappa shape index (κ2) is 5.78. The van der Waals surface area contributed by atoms with Crippen molar-refractivity contribution >= 4 is 0 Å². The molecule has 0 saturated carbocycles. The first-order chi connectivity index (χ1) is 6.74. The van der Waals surface area contributed by atoms with Crippen molar-refractivity contribution < 1.29 is 4.74 Å². The summed E-state index contributed by atoms with van der Waals surface area (Å²) in [6, 6.07) is 8.33. The number of rotatable bonds is 5. The van der Waals surface area contributed by atoms with Gasteiger partial charge in [0.1, 0.15) is 0 Å². The first kappa shape index (κ1) is 11.2. The molecule has 0 fully saturated rings. The van der Waals surface area contributed by atoms with E-state index in [2.05, 4.69) is 43.4 Å². The van der Waals surface area contributed by atoms with Crippen molar-refractivity contribution in [2.24, 2.45) is 0 Å². The fraction of sp³-hybridized carbons (Fsp3) is 0.500. The van der Waals surface area contributed by atoms with Crippen LogP contribution in [-0.2, 0) is 11.3 Å². The van der Waals surface area contributed by atoms with E-state index in [4.69, 9.17) is 4.74 Å². The van der Waals surface area contributed by atoms with Crippen LogP contribution in [0.5, 0.6) is 0 Å². The number of benzene rings is 1. The third kappa shape index (κ3) is 3.48. The topological polar surface area (TPSA) is 21.3 Å². The van der Waals surface area contributed by atoms with E-state index in [9.17, 15) is 0 Å². The molecule has 0 aliphatic heterocycles. The molecule has 1 rings (SSSR count). The molecule has 2 heteroatoms. The van der Waals surface area contributed by atoms with Gasteiger partial charge in [0.05, 0.1) is 12.7 Å². The maximum atomic E-state index is 5.69. The van der Waals surface area contributed by atoms with Crippen LogP contribution >= 0.6 is 0 Å². The number of ether oxygens (including phenoxy) is 1. The standard InChI is InChI=1S/C12H19NO/c1-10-6-4-5-7-12(10)9-14-11(2)8-13-3/h4-7,11,13H,8-9H2,1-3H3. The zero-order valence-electron chi connectivity index (χ0n) is 9.21. The van der Waals surface area contributed by atoms with Gasteiger partial charge >= 0.3 is 0 Å². The van der Waals surface area contributed by atoms with Crippen LogP contribution in [0, 0.1) is 6.92 Å². The molecule has 0 aromatic heterocycles. The minimum Gasteiger partial charge on any atom is -0.373 e. The van der Waals surface area contributed by atoms with Crippen molar-refractivity contribution in [1.82, 2.24) is 5.32 Å². The lowest BCUT2D eigenvalue weighted by Gasteiger charge is -2.13. The summed E-state index contributed by atoms with van der Waals surface area (Å²) in [5, 5.41) is 3.09. The highest BCUT2D eigenvalue weighted by atomic mass is 16.5. The molecule has 1 aromatic rings. The lowest BCUT2D eigenvalue weighted by molar-refractivity contribution is 0.0542. The molecule has 14 heavy (non-hydrogen) atoms. The summed E-state index contributed by atoms with van der Waals surface area (Å²) < 4.78 is 5.69. The van der Waals surface area contributed by atoms with Crippen molar-refractivity contribution in [2.45, 2.75) is 26.6 Å². The third-order valence-corrected chi connectivity index (χ3v) is 2.28. The van der Waals surface area contributed by atoms with Crippen LogP contribution in [0.4, 0.5) is 0 Å². The molecule has 2 nitrogen and oxygen atoms in total. The summed E-state index contributed by atoms with van der Waals surface area (Å²) in [4.78, 5) is 0. The van der Waals surface area contributed by atoms with Crippen LogP contribution in [0.25, 0.3) is 0 Å². The fourth-order valence-corrected chi connectivity index (χ4v) is 1.35. The zero-order valence-corrected chi connectivity index (χ0v) is 9.21. The smallest absolute Gasteiger partial charge is 0.0723 e. The number of hydrogen-bond donors (Lipinski definition) is 1. The van der Waals surface area contributed by atoms with Gasteiger partial charge in [0.2, 0.25) is 0 Å². The van der Waals surface area contributed by atoms with Crippen molar-refractivity contribution in [1.29, 1.82) is 0 Å². The zero-order chi connectivity index (χ0) is 10.4. The van der Waals surface area contributed by atoms with E-state index >= 15 is 0 Å². The quantitative estimate of drug-likeness (QED) is 0.773. The first-order valence-electron chi connectivity index (χ1n) is 5.04. The number of nitrogens with one attached hydrogen (secondary N) is 1. The molecule has 0 spiro atoms. The van der Waals surface area contributed by atoms with E-state index in [1.165, 1.54) is 11.1 Å². The Balaban J connectivity index is 2.41. The Kier molecular flexibility index (Phi) is 4.63. The van der Waals surface area contributed by atoms with Crippen molar-refractivity contribution in [3.8, 4) is 0 Å². The normalized spacial score (nSPS) is 12.8. The Morgan fingerprint density at radius 1 is 1.36 bits per heavy atom. The van der Waals surface area contributed by atoms with Crippen molar-refractivity contribution in [3.63, 3.8) is 0 Å². The second-order valence-electron chi connectivity index (χ2n) is 3.61. The Bertz CT molecular complexity index is 273. The maximum Gasteiger partial charge on any atom is 0.0723 e. The van der Waals surface area contributed by atoms with Gasteiger partial charge in [-0.2, -0.15) is 0 Å². The van der Waals surface area contributed by atoms with Crippen molar-refractivity contribution in [2.75, 3.05) is 13.6 Å². The summed E-state index contributed by atoms with van der Waals surface area (Å²) in [5.41, 5.74) is 2.57. The average molecular weight is 193 g/mol. The summed E-state index contributed by atoms with van der Waals surface area (Å²) in [6.07, 6.45) is 0.264. The van der Waals surface area contributed by atoms with Gasteiger partial charge in [0.15, 0.2) is 0 Å². The molecular weight excluding hydrogens is 174 g/mol. The van der Waals surface area contributed by atoms with E-state index in [0.717, 1.165) is 6.54 Å². The first-order valence-corrected chi connectivity index (χ1v) is 5.04. The molecule has 1 N–H and O–H groups in total. The Hall–Kier alpha value is -0.860. The van der Waals surface area contributed by atoms with Gasteiger partial charge < -0.3 is 10.1 Å². The molecule has 1 aromatic carbocycles. The Morgan fingerprint density at radius 2 is 2.07 bits per heavy atom. The minimum absolute atomic E-state index is 0.264. The molecule has 1 unspecified atom stereocenters. The fourth-order valence-electron chi connectivity index (χ4n) is 1.35. The summed E-state index contributed by atoms with van der Waals surface area (Å²) in [6.45, 7) is 5.79. The molecule has 0 amide bonds. The predicted molar refractivity (Wildman–Crippen MR) is 59.4 cm³/mol.